The maximum absolute atomic E-state index is 12.0. The Morgan fingerprint density at radius 2 is 1.90 bits per heavy atom. The zero-order valence-corrected chi connectivity index (χ0v) is 13.3. The number of likely N-dealkylation sites (tertiary alicyclic amines) is 1. The van der Waals surface area contributed by atoms with Gasteiger partial charge >= 0.3 is 6.03 Å². The summed E-state index contributed by atoms with van der Waals surface area (Å²) in [4.78, 5) is 35.8. The number of hydrogen-bond donors (Lipinski definition) is 1. The number of piperidine rings is 1. The SMILES string of the molecule is O=C(NC(=O)N1CCCCC1)c1ccc(I)c([N+](=O)[O-])c1. The first-order valence-corrected chi connectivity index (χ1v) is 7.61. The van der Waals surface area contributed by atoms with E-state index in [9.17, 15) is 19.7 Å². The molecule has 0 unspecified atom stereocenters. The van der Waals surface area contributed by atoms with Gasteiger partial charge in [0.1, 0.15) is 0 Å². The van der Waals surface area contributed by atoms with Gasteiger partial charge < -0.3 is 4.90 Å². The molecule has 0 bridgehead atoms. The van der Waals surface area contributed by atoms with Crippen LogP contribution in [0.25, 0.3) is 0 Å². The fraction of sp³-hybridized carbons (Fsp3) is 0.385. The summed E-state index contributed by atoms with van der Waals surface area (Å²) in [5.41, 5.74) is -0.0406. The Balaban J connectivity index is 2.07. The lowest BCUT2D eigenvalue weighted by Gasteiger charge is -2.26. The average Bonchev–Trinajstić information content (AvgIpc) is 2.48. The number of nitrogens with zero attached hydrogens (tertiary/aromatic N) is 2. The molecule has 1 fully saturated rings. The Kier molecular flexibility index (Phi) is 5.10. The molecule has 0 radical (unpaired) electrons. The van der Waals surface area contributed by atoms with E-state index in [1.54, 1.807) is 4.90 Å². The van der Waals surface area contributed by atoms with Crippen molar-refractivity contribution >= 4 is 40.2 Å². The van der Waals surface area contributed by atoms with Gasteiger partial charge in [0.15, 0.2) is 0 Å². The second-order valence-electron chi connectivity index (χ2n) is 4.73. The van der Waals surface area contributed by atoms with Crippen LogP contribution in [-0.2, 0) is 0 Å². The van der Waals surface area contributed by atoms with Crippen molar-refractivity contribution < 1.29 is 14.5 Å². The Morgan fingerprint density at radius 3 is 2.52 bits per heavy atom. The first kappa shape index (κ1) is 15.7. The van der Waals surface area contributed by atoms with Gasteiger partial charge in [-0.1, -0.05) is 0 Å². The topological polar surface area (TPSA) is 92.6 Å². The molecule has 112 valence electrons. The Morgan fingerprint density at radius 1 is 1.24 bits per heavy atom. The first-order valence-electron chi connectivity index (χ1n) is 6.53. The first-order chi connectivity index (χ1) is 9.99. The zero-order valence-electron chi connectivity index (χ0n) is 11.2. The van der Waals surface area contributed by atoms with Gasteiger partial charge in [0.25, 0.3) is 11.6 Å². The highest BCUT2D eigenvalue weighted by molar-refractivity contribution is 14.1. The minimum atomic E-state index is -0.620. The maximum atomic E-state index is 12.0. The summed E-state index contributed by atoms with van der Waals surface area (Å²) in [6, 6.07) is 3.69. The normalized spacial score (nSPS) is 14.6. The number of nitro benzene ring substituents is 1. The molecule has 3 amide bonds. The highest BCUT2D eigenvalue weighted by Crippen LogP contribution is 2.22. The van der Waals surface area contributed by atoms with Crippen molar-refractivity contribution in [1.29, 1.82) is 0 Å². The molecule has 0 saturated carbocycles. The van der Waals surface area contributed by atoms with Gasteiger partial charge in [0.05, 0.1) is 8.49 Å². The van der Waals surface area contributed by atoms with Crippen LogP contribution in [0.2, 0.25) is 0 Å². The molecule has 1 aliphatic heterocycles. The van der Waals surface area contributed by atoms with Crippen molar-refractivity contribution in [2.45, 2.75) is 19.3 Å². The van der Waals surface area contributed by atoms with E-state index in [0.29, 0.717) is 16.7 Å². The molecule has 1 aromatic carbocycles. The van der Waals surface area contributed by atoms with E-state index < -0.39 is 16.9 Å². The van der Waals surface area contributed by atoms with E-state index in [4.69, 9.17) is 0 Å². The smallest absolute Gasteiger partial charge is 0.324 e. The van der Waals surface area contributed by atoms with Crippen LogP contribution >= 0.6 is 22.6 Å². The monoisotopic (exact) mass is 403 g/mol. The van der Waals surface area contributed by atoms with Gasteiger partial charge in [0.2, 0.25) is 0 Å². The summed E-state index contributed by atoms with van der Waals surface area (Å²) in [7, 11) is 0. The Bertz CT molecular complexity index is 585. The summed E-state index contributed by atoms with van der Waals surface area (Å²) in [5, 5.41) is 13.1. The van der Waals surface area contributed by atoms with E-state index in [0.717, 1.165) is 19.3 Å². The molecular formula is C13H14IN3O4. The molecule has 1 aromatic rings. The molecule has 7 nitrogen and oxygen atoms in total. The molecule has 1 heterocycles. The quantitative estimate of drug-likeness (QED) is 0.467. The van der Waals surface area contributed by atoms with E-state index in [1.807, 2.05) is 22.6 Å². The van der Waals surface area contributed by atoms with Crippen LogP contribution in [0, 0.1) is 13.7 Å². The maximum Gasteiger partial charge on any atom is 0.324 e. The van der Waals surface area contributed by atoms with E-state index in [1.165, 1.54) is 18.2 Å². The number of rotatable bonds is 2. The Hall–Kier alpha value is -1.71. The molecule has 21 heavy (non-hydrogen) atoms. The summed E-state index contributed by atoms with van der Waals surface area (Å²) >= 11 is 1.83. The summed E-state index contributed by atoms with van der Waals surface area (Å²) < 4.78 is 0.441. The van der Waals surface area contributed by atoms with Crippen LogP contribution in [0.15, 0.2) is 18.2 Å². The molecule has 1 aliphatic rings. The molecule has 0 spiro atoms. The number of carbonyl (C=O) groups is 2. The largest absolute Gasteiger partial charge is 0.324 e. The van der Waals surface area contributed by atoms with Gasteiger partial charge in [-0.3, -0.25) is 20.2 Å². The number of nitro groups is 1. The number of hydrogen-bond acceptors (Lipinski definition) is 4. The van der Waals surface area contributed by atoms with Crippen molar-refractivity contribution in [2.24, 2.45) is 0 Å². The number of benzene rings is 1. The fourth-order valence-corrected chi connectivity index (χ4v) is 2.67. The molecule has 0 atom stereocenters. The van der Waals surface area contributed by atoms with Gasteiger partial charge in [-0.05, 0) is 54.0 Å². The zero-order chi connectivity index (χ0) is 15.4. The van der Waals surface area contributed by atoms with Crippen LogP contribution in [0.1, 0.15) is 29.6 Å². The van der Waals surface area contributed by atoms with Gasteiger partial charge in [-0.15, -0.1) is 0 Å². The fourth-order valence-electron chi connectivity index (χ4n) is 2.14. The third-order valence-electron chi connectivity index (χ3n) is 3.27. The van der Waals surface area contributed by atoms with Gasteiger partial charge in [-0.25, -0.2) is 4.79 Å². The molecular weight excluding hydrogens is 389 g/mol. The summed E-state index contributed by atoms with van der Waals surface area (Å²) in [5.74, 6) is -0.620. The molecule has 8 heteroatoms. The predicted molar refractivity (Wildman–Crippen MR) is 84.1 cm³/mol. The second-order valence-corrected chi connectivity index (χ2v) is 5.89. The molecule has 2 rings (SSSR count). The van der Waals surface area contributed by atoms with Crippen molar-refractivity contribution in [1.82, 2.24) is 10.2 Å². The lowest BCUT2D eigenvalue weighted by atomic mass is 10.1. The van der Waals surface area contributed by atoms with E-state index in [2.05, 4.69) is 5.32 Å². The third kappa shape index (κ3) is 3.90. The highest BCUT2D eigenvalue weighted by atomic mass is 127. The number of amides is 3. The van der Waals surface area contributed by atoms with E-state index in [-0.39, 0.29) is 11.3 Å². The van der Waals surface area contributed by atoms with Crippen molar-refractivity contribution in [3.63, 3.8) is 0 Å². The lowest BCUT2D eigenvalue weighted by molar-refractivity contribution is -0.385. The number of urea groups is 1. The van der Waals surface area contributed by atoms with Crippen LogP contribution < -0.4 is 5.32 Å². The van der Waals surface area contributed by atoms with Crippen LogP contribution in [0.3, 0.4) is 0 Å². The average molecular weight is 403 g/mol. The van der Waals surface area contributed by atoms with Crippen molar-refractivity contribution in [2.75, 3.05) is 13.1 Å². The highest BCUT2D eigenvalue weighted by Gasteiger charge is 2.21. The van der Waals surface area contributed by atoms with E-state index >= 15 is 0 Å². The van der Waals surface area contributed by atoms with Gasteiger partial charge in [0, 0.05) is 24.7 Å². The van der Waals surface area contributed by atoms with Crippen molar-refractivity contribution in [3.8, 4) is 0 Å². The standard InChI is InChI=1S/C13H14IN3O4/c14-10-5-4-9(8-11(10)17(20)21)12(18)15-13(19)16-6-2-1-3-7-16/h4-5,8H,1-3,6-7H2,(H,15,18,19). The molecule has 0 aromatic heterocycles. The minimum Gasteiger partial charge on any atom is -0.324 e. The second kappa shape index (κ2) is 6.83. The molecule has 1 saturated heterocycles. The Labute approximate surface area is 135 Å². The summed E-state index contributed by atoms with van der Waals surface area (Å²) in [6.45, 7) is 1.26. The van der Waals surface area contributed by atoms with Gasteiger partial charge in [-0.2, -0.15) is 0 Å². The van der Waals surface area contributed by atoms with Crippen molar-refractivity contribution in [3.05, 3.63) is 37.4 Å². The predicted octanol–water partition coefficient (Wildman–Crippen LogP) is 2.54. The van der Waals surface area contributed by atoms with Crippen LogP contribution in [-0.4, -0.2) is 34.9 Å². The van der Waals surface area contributed by atoms with Crippen LogP contribution in [0.4, 0.5) is 10.5 Å². The molecule has 0 aliphatic carbocycles. The number of imide groups is 1. The number of carbonyl (C=O) groups excluding carboxylic acids is 2. The summed E-state index contributed by atoms with van der Waals surface area (Å²) in [6.07, 6.45) is 2.94. The third-order valence-corrected chi connectivity index (χ3v) is 4.18. The number of nitrogens with one attached hydrogen (secondary N) is 1. The number of halogens is 1. The van der Waals surface area contributed by atoms with Crippen LogP contribution in [0.5, 0.6) is 0 Å². The minimum absolute atomic E-state index is 0.104. The lowest BCUT2D eigenvalue weighted by Crippen LogP contribution is -2.45. The molecule has 1 N–H and O–H groups in total.